The molecule has 0 saturated carbocycles. The normalized spacial score (nSPS) is 9.95. The molecule has 2 rings (SSSR count). The third-order valence-corrected chi connectivity index (χ3v) is 2.43. The quantitative estimate of drug-likeness (QED) is 0.811. The monoisotopic (exact) mass is 259 g/mol. The van der Waals surface area contributed by atoms with E-state index in [0.29, 0.717) is 12.4 Å². The van der Waals surface area contributed by atoms with E-state index in [4.69, 9.17) is 0 Å². The summed E-state index contributed by atoms with van der Waals surface area (Å²) in [5.74, 6) is 0.189. The van der Waals surface area contributed by atoms with Gasteiger partial charge in [-0.2, -0.15) is 0 Å². The maximum atomic E-state index is 11.3. The zero-order chi connectivity index (χ0) is 13.7. The van der Waals surface area contributed by atoms with Crippen molar-refractivity contribution in [1.82, 2.24) is 9.97 Å². The first-order valence-corrected chi connectivity index (χ1v) is 5.62. The van der Waals surface area contributed by atoms with Gasteiger partial charge in [0.1, 0.15) is 11.6 Å². The second-order valence-corrected chi connectivity index (χ2v) is 3.78. The summed E-state index contributed by atoms with van der Waals surface area (Å²) in [4.78, 5) is 19.1. The lowest BCUT2D eigenvalue weighted by atomic mass is 10.2. The fraction of sp³-hybridized carbons (Fsp3) is 0.154. The molecule has 1 aromatic carbocycles. The van der Waals surface area contributed by atoms with Crippen LogP contribution in [0.2, 0.25) is 0 Å². The lowest BCUT2D eigenvalue weighted by Gasteiger charge is -2.06. The summed E-state index contributed by atoms with van der Waals surface area (Å²) in [6.45, 7) is 0.526. The average molecular weight is 259 g/mol. The van der Waals surface area contributed by atoms with Crippen LogP contribution in [0.25, 0.3) is 0 Å². The van der Waals surface area contributed by atoms with Crippen LogP contribution in [0.3, 0.4) is 0 Å². The van der Waals surface area contributed by atoms with E-state index < -0.39 is 5.97 Å². The number of phenols is 1. The van der Waals surface area contributed by atoms with E-state index in [1.165, 1.54) is 13.3 Å². The molecular weight excluding hydrogens is 246 g/mol. The summed E-state index contributed by atoms with van der Waals surface area (Å²) in [6.07, 6.45) is 1.48. The van der Waals surface area contributed by atoms with Crippen molar-refractivity contribution in [3.05, 3.63) is 47.9 Å². The molecule has 0 fully saturated rings. The van der Waals surface area contributed by atoms with Gasteiger partial charge in [-0.05, 0) is 23.8 Å². The predicted molar refractivity (Wildman–Crippen MR) is 68.8 cm³/mol. The lowest BCUT2D eigenvalue weighted by molar-refractivity contribution is 0.0587. The molecule has 2 N–H and O–H groups in total. The standard InChI is InChI=1S/C13H13N3O3/c1-19-13(18)12-14-7-6-11(16-12)15-8-9-2-4-10(17)5-3-9/h2-7,17H,8H2,1H3,(H,14,15,16). The van der Waals surface area contributed by atoms with E-state index in [-0.39, 0.29) is 11.6 Å². The second-order valence-electron chi connectivity index (χ2n) is 3.78. The van der Waals surface area contributed by atoms with Crippen LogP contribution in [0.4, 0.5) is 5.82 Å². The molecule has 0 amide bonds. The van der Waals surface area contributed by atoms with Crippen LogP contribution in [-0.2, 0) is 11.3 Å². The number of nitrogens with one attached hydrogen (secondary N) is 1. The Labute approximate surface area is 110 Å². The van der Waals surface area contributed by atoms with Gasteiger partial charge in [-0.15, -0.1) is 0 Å². The number of hydrogen-bond donors (Lipinski definition) is 2. The van der Waals surface area contributed by atoms with Crippen molar-refractivity contribution in [2.24, 2.45) is 0 Å². The number of carbonyl (C=O) groups is 1. The largest absolute Gasteiger partial charge is 0.508 e. The molecule has 1 heterocycles. The maximum absolute atomic E-state index is 11.3. The zero-order valence-corrected chi connectivity index (χ0v) is 10.3. The summed E-state index contributed by atoms with van der Waals surface area (Å²) < 4.78 is 4.55. The van der Waals surface area contributed by atoms with Crippen LogP contribution >= 0.6 is 0 Å². The van der Waals surface area contributed by atoms with Crippen molar-refractivity contribution in [2.45, 2.75) is 6.54 Å². The van der Waals surface area contributed by atoms with Gasteiger partial charge >= 0.3 is 5.97 Å². The van der Waals surface area contributed by atoms with Crippen molar-refractivity contribution in [2.75, 3.05) is 12.4 Å². The van der Waals surface area contributed by atoms with E-state index in [1.807, 2.05) is 0 Å². The number of aromatic hydroxyl groups is 1. The van der Waals surface area contributed by atoms with Crippen LogP contribution in [0.1, 0.15) is 16.2 Å². The molecule has 0 aliphatic heterocycles. The maximum Gasteiger partial charge on any atom is 0.376 e. The first-order valence-electron chi connectivity index (χ1n) is 5.62. The molecule has 2 aromatic rings. The number of benzene rings is 1. The van der Waals surface area contributed by atoms with Gasteiger partial charge in [-0.25, -0.2) is 14.8 Å². The first-order chi connectivity index (χ1) is 9.19. The van der Waals surface area contributed by atoms with Gasteiger partial charge in [0, 0.05) is 12.7 Å². The molecule has 19 heavy (non-hydrogen) atoms. The summed E-state index contributed by atoms with van der Waals surface area (Å²) in [6, 6.07) is 8.47. The molecular formula is C13H13N3O3. The van der Waals surface area contributed by atoms with Crippen LogP contribution < -0.4 is 5.32 Å². The number of anilines is 1. The third kappa shape index (κ3) is 3.41. The minimum Gasteiger partial charge on any atom is -0.508 e. The number of carbonyl (C=O) groups excluding carboxylic acids is 1. The molecule has 0 unspecified atom stereocenters. The molecule has 0 spiro atoms. The van der Waals surface area contributed by atoms with E-state index >= 15 is 0 Å². The topological polar surface area (TPSA) is 84.3 Å². The zero-order valence-electron chi connectivity index (χ0n) is 10.3. The van der Waals surface area contributed by atoms with Crippen LogP contribution in [0.15, 0.2) is 36.5 Å². The van der Waals surface area contributed by atoms with Crippen molar-refractivity contribution >= 4 is 11.8 Å². The highest BCUT2D eigenvalue weighted by molar-refractivity contribution is 5.85. The number of nitrogens with zero attached hydrogens (tertiary/aromatic N) is 2. The minimum atomic E-state index is -0.576. The molecule has 0 saturated heterocycles. The predicted octanol–water partition coefficient (Wildman–Crippen LogP) is 1.58. The smallest absolute Gasteiger partial charge is 0.376 e. The van der Waals surface area contributed by atoms with Crippen molar-refractivity contribution in [1.29, 1.82) is 0 Å². The van der Waals surface area contributed by atoms with Gasteiger partial charge in [-0.3, -0.25) is 0 Å². The number of rotatable bonds is 4. The summed E-state index contributed by atoms with van der Waals surface area (Å²) in [7, 11) is 1.28. The Morgan fingerprint density at radius 3 is 2.74 bits per heavy atom. The molecule has 0 aliphatic carbocycles. The highest BCUT2D eigenvalue weighted by Crippen LogP contribution is 2.11. The number of phenolic OH excluding ortho intramolecular Hbond substituents is 1. The Kier molecular flexibility index (Phi) is 3.92. The fourth-order valence-electron chi connectivity index (χ4n) is 1.45. The summed E-state index contributed by atoms with van der Waals surface area (Å²) >= 11 is 0. The Morgan fingerprint density at radius 2 is 2.05 bits per heavy atom. The van der Waals surface area contributed by atoms with E-state index in [9.17, 15) is 9.90 Å². The molecule has 1 aromatic heterocycles. The number of esters is 1. The van der Waals surface area contributed by atoms with E-state index in [1.54, 1.807) is 30.3 Å². The molecule has 0 atom stereocenters. The summed E-state index contributed by atoms with van der Waals surface area (Å²) in [5, 5.41) is 12.2. The molecule has 6 heteroatoms. The minimum absolute atomic E-state index is 0.0122. The van der Waals surface area contributed by atoms with Crippen molar-refractivity contribution < 1.29 is 14.6 Å². The van der Waals surface area contributed by atoms with Crippen molar-refractivity contribution in [3.8, 4) is 5.75 Å². The lowest BCUT2D eigenvalue weighted by Crippen LogP contribution is -2.09. The van der Waals surface area contributed by atoms with E-state index in [2.05, 4.69) is 20.0 Å². The van der Waals surface area contributed by atoms with Gasteiger partial charge in [0.05, 0.1) is 7.11 Å². The van der Waals surface area contributed by atoms with Gasteiger partial charge in [0.2, 0.25) is 5.82 Å². The average Bonchev–Trinajstić information content (AvgIpc) is 2.46. The third-order valence-electron chi connectivity index (χ3n) is 2.43. The number of methoxy groups -OCH3 is 1. The molecule has 6 nitrogen and oxygen atoms in total. The Balaban J connectivity index is 2.03. The van der Waals surface area contributed by atoms with Crippen LogP contribution in [0.5, 0.6) is 5.75 Å². The van der Waals surface area contributed by atoms with Crippen molar-refractivity contribution in [3.63, 3.8) is 0 Å². The highest BCUT2D eigenvalue weighted by atomic mass is 16.5. The summed E-state index contributed by atoms with van der Waals surface area (Å²) in [5.41, 5.74) is 0.982. The van der Waals surface area contributed by atoms with Crippen LogP contribution in [-0.4, -0.2) is 28.2 Å². The van der Waals surface area contributed by atoms with Gasteiger partial charge in [0.15, 0.2) is 0 Å². The van der Waals surface area contributed by atoms with Gasteiger partial charge < -0.3 is 15.2 Å². The molecule has 0 radical (unpaired) electrons. The first kappa shape index (κ1) is 12.8. The van der Waals surface area contributed by atoms with Crippen LogP contribution in [0, 0.1) is 0 Å². The molecule has 98 valence electrons. The molecule has 0 bridgehead atoms. The number of ether oxygens (including phenoxy) is 1. The molecule has 0 aliphatic rings. The van der Waals surface area contributed by atoms with Gasteiger partial charge in [0.25, 0.3) is 0 Å². The number of hydrogen-bond acceptors (Lipinski definition) is 6. The Bertz CT molecular complexity index is 570. The van der Waals surface area contributed by atoms with E-state index in [0.717, 1.165) is 5.56 Å². The SMILES string of the molecule is COC(=O)c1nccc(NCc2ccc(O)cc2)n1. The number of aromatic nitrogens is 2. The van der Waals surface area contributed by atoms with Gasteiger partial charge in [-0.1, -0.05) is 12.1 Å². The fourth-order valence-corrected chi connectivity index (χ4v) is 1.45. The highest BCUT2D eigenvalue weighted by Gasteiger charge is 2.09. The Hall–Kier alpha value is -2.63. The second kappa shape index (κ2) is 5.81. The Morgan fingerprint density at radius 1 is 1.32 bits per heavy atom.